The van der Waals surface area contributed by atoms with Gasteiger partial charge in [-0.25, -0.2) is 9.97 Å². The Morgan fingerprint density at radius 2 is 1.05 bits per heavy atom. The average molecular weight is 743 g/mol. The summed E-state index contributed by atoms with van der Waals surface area (Å²) < 4.78 is 4.72. The highest BCUT2D eigenvalue weighted by Gasteiger charge is 2.24. The van der Waals surface area contributed by atoms with Crippen molar-refractivity contribution in [2.24, 2.45) is 0 Å². The largest absolute Gasteiger partial charge is 0.309 e. The summed E-state index contributed by atoms with van der Waals surface area (Å²) in [6.45, 7) is 0. The van der Waals surface area contributed by atoms with Gasteiger partial charge in [-0.05, 0) is 81.9 Å². The molecule has 264 valence electrons. The summed E-state index contributed by atoms with van der Waals surface area (Å²) >= 11 is 1.80. The van der Waals surface area contributed by atoms with Gasteiger partial charge in [0.2, 0.25) is 5.95 Å². The van der Waals surface area contributed by atoms with Crippen LogP contribution in [0.15, 0.2) is 192 Å². The Balaban J connectivity index is 1.07. The molecule has 0 radical (unpaired) electrons. The van der Waals surface area contributed by atoms with Crippen molar-refractivity contribution in [2.75, 3.05) is 0 Å². The second-order valence-corrected chi connectivity index (χ2v) is 16.0. The van der Waals surface area contributed by atoms with Crippen molar-refractivity contribution in [3.63, 3.8) is 0 Å². The van der Waals surface area contributed by atoms with Gasteiger partial charge in [-0.1, -0.05) is 139 Å². The van der Waals surface area contributed by atoms with Gasteiger partial charge < -0.3 is 4.57 Å². The van der Waals surface area contributed by atoms with Gasteiger partial charge in [0, 0.05) is 47.7 Å². The summed E-state index contributed by atoms with van der Waals surface area (Å²) in [6.07, 6.45) is 0. The second kappa shape index (κ2) is 11.7. The number of rotatable bonds is 3. The van der Waals surface area contributed by atoms with Gasteiger partial charge >= 0.3 is 0 Å². The maximum Gasteiger partial charge on any atom is 0.235 e. The third-order valence-electron chi connectivity index (χ3n) is 11.9. The highest BCUT2D eigenvalue weighted by atomic mass is 32.2. The average Bonchev–Trinajstić information content (AvgIpc) is 3.78. The molecular weight excluding hydrogens is 713 g/mol. The van der Waals surface area contributed by atoms with Crippen LogP contribution in [0.4, 0.5) is 0 Å². The van der Waals surface area contributed by atoms with Crippen LogP contribution in [-0.4, -0.2) is 19.1 Å². The number of nitrogens with zero attached hydrogens (tertiary/aromatic N) is 4. The summed E-state index contributed by atoms with van der Waals surface area (Å²) in [5.41, 5.74) is 11.1. The highest BCUT2D eigenvalue weighted by Crippen LogP contribution is 2.47. The first-order valence-corrected chi connectivity index (χ1v) is 20.1. The summed E-state index contributed by atoms with van der Waals surface area (Å²) in [4.78, 5) is 13.1. The van der Waals surface area contributed by atoms with E-state index in [9.17, 15) is 0 Å². The van der Waals surface area contributed by atoms with Crippen LogP contribution in [0.5, 0.6) is 0 Å². The Morgan fingerprint density at radius 1 is 0.386 bits per heavy atom. The number of benzene rings is 9. The van der Waals surface area contributed by atoms with Crippen LogP contribution in [0, 0.1) is 0 Å². The molecule has 0 saturated heterocycles. The molecule has 0 amide bonds. The van der Waals surface area contributed by atoms with E-state index in [4.69, 9.17) is 9.97 Å². The predicted molar refractivity (Wildman–Crippen MR) is 238 cm³/mol. The van der Waals surface area contributed by atoms with E-state index in [2.05, 4.69) is 191 Å². The van der Waals surface area contributed by atoms with E-state index in [1.165, 1.54) is 69.6 Å². The van der Waals surface area contributed by atoms with Crippen molar-refractivity contribution in [1.82, 2.24) is 19.1 Å². The summed E-state index contributed by atoms with van der Waals surface area (Å²) in [7, 11) is 0. The van der Waals surface area contributed by atoms with Crippen molar-refractivity contribution in [3.05, 3.63) is 182 Å². The molecule has 0 N–H and O–H groups in total. The lowest BCUT2D eigenvalue weighted by molar-refractivity contribution is 1.01. The Hall–Kier alpha value is -7.21. The Kier molecular flexibility index (Phi) is 6.35. The third-order valence-corrected chi connectivity index (χ3v) is 13.0. The number of hydrogen-bond donors (Lipinski definition) is 0. The molecule has 1 aliphatic heterocycles. The second-order valence-electron chi connectivity index (χ2n) is 15.0. The van der Waals surface area contributed by atoms with Gasteiger partial charge in [-0.2, -0.15) is 0 Å². The summed E-state index contributed by atoms with van der Waals surface area (Å²) in [5, 5.41) is 10.9. The van der Waals surface area contributed by atoms with Gasteiger partial charge in [0.1, 0.15) is 0 Å². The molecule has 5 heteroatoms. The molecule has 4 nitrogen and oxygen atoms in total. The molecule has 0 saturated carbocycles. The summed E-state index contributed by atoms with van der Waals surface area (Å²) in [5.74, 6) is 0.680. The highest BCUT2D eigenvalue weighted by molar-refractivity contribution is 7.99. The van der Waals surface area contributed by atoms with E-state index >= 15 is 0 Å². The third kappa shape index (κ3) is 4.40. The molecule has 0 fully saturated rings. The zero-order valence-corrected chi connectivity index (χ0v) is 31.3. The fraction of sp³-hybridized carbons (Fsp3) is 0. The Morgan fingerprint density at radius 3 is 1.98 bits per heavy atom. The first kappa shape index (κ1) is 31.0. The van der Waals surface area contributed by atoms with Crippen LogP contribution in [0.25, 0.3) is 110 Å². The molecule has 0 bridgehead atoms. The van der Waals surface area contributed by atoms with Crippen LogP contribution < -0.4 is 0 Å². The molecular formula is C52H30N4S. The molecule has 9 aromatic carbocycles. The summed E-state index contributed by atoms with van der Waals surface area (Å²) in [6, 6.07) is 66.1. The Bertz CT molecular complexity index is 3680. The van der Waals surface area contributed by atoms with E-state index in [-0.39, 0.29) is 0 Å². The quantitative estimate of drug-likeness (QED) is 0.181. The maximum atomic E-state index is 5.41. The minimum absolute atomic E-state index is 0.680. The lowest BCUT2D eigenvalue weighted by Gasteiger charge is -2.20. The fourth-order valence-corrected chi connectivity index (χ4v) is 10.5. The topological polar surface area (TPSA) is 35.6 Å². The monoisotopic (exact) mass is 742 g/mol. The SMILES string of the molecule is c1ccc2c(c1)Sc1cccc3nc(-n4c5ccccc5c5ccc(-c6ccc7c(c6)c6c8ccccc8ccc6n7-c6cccc7ccccc67)cc54)nc-2c13. The number of hydrogen-bond acceptors (Lipinski definition) is 3. The van der Waals surface area contributed by atoms with Crippen LogP contribution in [0.1, 0.15) is 0 Å². The van der Waals surface area contributed by atoms with E-state index in [1.54, 1.807) is 11.8 Å². The molecule has 0 spiro atoms. The van der Waals surface area contributed by atoms with Crippen LogP contribution in [0.2, 0.25) is 0 Å². The molecule has 0 aliphatic carbocycles. The normalized spacial score (nSPS) is 12.5. The zero-order chi connectivity index (χ0) is 37.2. The minimum atomic E-state index is 0.680. The van der Waals surface area contributed by atoms with Crippen molar-refractivity contribution in [1.29, 1.82) is 0 Å². The van der Waals surface area contributed by atoms with Crippen LogP contribution in [-0.2, 0) is 0 Å². The van der Waals surface area contributed by atoms with Gasteiger partial charge in [0.05, 0.1) is 39.0 Å². The Labute approximate surface area is 331 Å². The molecule has 12 aromatic rings. The van der Waals surface area contributed by atoms with Crippen molar-refractivity contribution >= 4 is 87.8 Å². The van der Waals surface area contributed by atoms with Gasteiger partial charge in [-0.15, -0.1) is 0 Å². The van der Waals surface area contributed by atoms with Crippen LogP contribution >= 0.6 is 11.8 Å². The molecule has 3 aromatic heterocycles. The van der Waals surface area contributed by atoms with E-state index < -0.39 is 0 Å². The molecule has 57 heavy (non-hydrogen) atoms. The first-order chi connectivity index (χ1) is 28.3. The van der Waals surface area contributed by atoms with Gasteiger partial charge in [-0.3, -0.25) is 4.57 Å². The molecule has 0 atom stereocenters. The standard InChI is InChI=1S/C52H30N4S/c1-3-14-35-31(11-1)13-9-20-42(35)55-44-27-25-33(29-40(44)49-36-15-4-2-12-32(36)24-28-45(49)55)34-23-26-38-37-16-5-7-19-43(37)56(46(38)30-34)52-53-41-18-10-22-48-50(41)51(54-52)39-17-6-8-21-47(39)57-48/h1-30H. The number of fused-ring (bicyclic) bond motifs is 11. The molecule has 1 aliphatic rings. The zero-order valence-electron chi connectivity index (χ0n) is 30.5. The molecule has 13 rings (SSSR count). The fourth-order valence-electron chi connectivity index (χ4n) is 9.39. The van der Waals surface area contributed by atoms with E-state index in [0.29, 0.717) is 5.95 Å². The van der Waals surface area contributed by atoms with Gasteiger partial charge in [0.25, 0.3) is 0 Å². The number of aromatic nitrogens is 4. The van der Waals surface area contributed by atoms with Crippen molar-refractivity contribution in [3.8, 4) is 34.0 Å². The van der Waals surface area contributed by atoms with Crippen molar-refractivity contribution < 1.29 is 0 Å². The molecule has 4 heterocycles. The first-order valence-electron chi connectivity index (χ1n) is 19.3. The lowest BCUT2D eigenvalue weighted by Crippen LogP contribution is -2.05. The number of para-hydroxylation sites is 1. The predicted octanol–water partition coefficient (Wildman–Crippen LogP) is 13.9. The smallest absolute Gasteiger partial charge is 0.235 e. The minimum Gasteiger partial charge on any atom is -0.309 e. The lowest BCUT2D eigenvalue weighted by atomic mass is 9.99. The van der Waals surface area contributed by atoms with Crippen LogP contribution in [0.3, 0.4) is 0 Å². The van der Waals surface area contributed by atoms with Gasteiger partial charge in [0.15, 0.2) is 0 Å². The van der Waals surface area contributed by atoms with E-state index in [0.717, 1.165) is 44.3 Å². The maximum absolute atomic E-state index is 5.41. The van der Waals surface area contributed by atoms with Crippen molar-refractivity contribution in [2.45, 2.75) is 9.79 Å². The molecule has 0 unspecified atom stereocenters. The van der Waals surface area contributed by atoms with E-state index in [1.807, 2.05) is 0 Å².